The number of methoxy groups -OCH3 is 1. The van der Waals surface area contributed by atoms with Crippen LogP contribution in [0, 0.1) is 0 Å². The van der Waals surface area contributed by atoms with E-state index in [0.29, 0.717) is 11.7 Å². The number of ether oxygens (including phenoxy) is 1. The Hall–Kier alpha value is -3.41. The van der Waals surface area contributed by atoms with Gasteiger partial charge in [-0.15, -0.1) is 0 Å². The van der Waals surface area contributed by atoms with Crippen LogP contribution in [0.15, 0.2) is 54.6 Å². The molecule has 27 heavy (non-hydrogen) atoms. The van der Waals surface area contributed by atoms with Gasteiger partial charge in [0, 0.05) is 28.6 Å². The molecular formula is C21H19N5O. The summed E-state index contributed by atoms with van der Waals surface area (Å²) in [4.78, 5) is 9.51. The Morgan fingerprint density at radius 1 is 1.04 bits per heavy atom. The average Bonchev–Trinajstić information content (AvgIpc) is 3.47. The molecule has 0 atom stereocenters. The fourth-order valence-corrected chi connectivity index (χ4v) is 3.19. The second kappa shape index (κ2) is 6.39. The number of nitrogens with zero attached hydrogens (tertiary/aromatic N) is 3. The summed E-state index contributed by atoms with van der Waals surface area (Å²) >= 11 is 0. The number of anilines is 2. The third kappa shape index (κ3) is 3.10. The Morgan fingerprint density at radius 3 is 2.78 bits per heavy atom. The summed E-state index contributed by atoms with van der Waals surface area (Å²) < 4.78 is 5.34. The minimum absolute atomic E-state index is 0.627. The summed E-state index contributed by atoms with van der Waals surface area (Å²) in [5.41, 5.74) is 2.97. The quantitative estimate of drug-likeness (QED) is 0.544. The Balaban J connectivity index is 1.58. The molecule has 1 aliphatic rings. The number of aromatic amines is 1. The number of para-hydroxylation sites is 1. The van der Waals surface area contributed by atoms with Gasteiger partial charge in [-0.2, -0.15) is 5.10 Å². The number of benzene rings is 2. The molecule has 134 valence electrons. The molecule has 5 rings (SSSR count). The van der Waals surface area contributed by atoms with Crippen molar-refractivity contribution in [3.8, 4) is 17.1 Å². The largest absolute Gasteiger partial charge is 0.497 e. The predicted molar refractivity (Wildman–Crippen MR) is 105 cm³/mol. The van der Waals surface area contributed by atoms with E-state index in [2.05, 4.69) is 21.6 Å². The summed E-state index contributed by atoms with van der Waals surface area (Å²) in [6.07, 6.45) is 2.47. The van der Waals surface area contributed by atoms with E-state index >= 15 is 0 Å². The maximum absolute atomic E-state index is 5.34. The third-order valence-electron chi connectivity index (χ3n) is 4.79. The molecule has 2 N–H and O–H groups in total. The molecule has 0 radical (unpaired) electrons. The van der Waals surface area contributed by atoms with Gasteiger partial charge in [0.15, 0.2) is 11.6 Å². The van der Waals surface area contributed by atoms with Crippen molar-refractivity contribution in [2.24, 2.45) is 0 Å². The minimum Gasteiger partial charge on any atom is -0.497 e. The van der Waals surface area contributed by atoms with Crippen LogP contribution in [0.2, 0.25) is 0 Å². The third-order valence-corrected chi connectivity index (χ3v) is 4.79. The zero-order valence-electron chi connectivity index (χ0n) is 14.9. The normalized spacial score (nSPS) is 13.7. The number of hydrogen-bond donors (Lipinski definition) is 2. The van der Waals surface area contributed by atoms with Gasteiger partial charge in [-0.25, -0.2) is 9.97 Å². The molecule has 0 spiro atoms. The predicted octanol–water partition coefficient (Wildman–Crippen LogP) is 4.65. The number of fused-ring (bicyclic) bond motifs is 1. The molecule has 2 aromatic carbocycles. The molecule has 0 bridgehead atoms. The molecule has 1 saturated carbocycles. The molecule has 0 saturated heterocycles. The van der Waals surface area contributed by atoms with Crippen molar-refractivity contribution in [1.82, 2.24) is 20.2 Å². The molecule has 6 nitrogen and oxygen atoms in total. The highest BCUT2D eigenvalue weighted by Crippen LogP contribution is 2.40. The topological polar surface area (TPSA) is 75.7 Å². The lowest BCUT2D eigenvalue weighted by Crippen LogP contribution is -1.99. The first-order chi connectivity index (χ1) is 13.3. The first kappa shape index (κ1) is 15.8. The van der Waals surface area contributed by atoms with Gasteiger partial charge in [-0.3, -0.25) is 5.10 Å². The van der Waals surface area contributed by atoms with E-state index in [0.717, 1.165) is 33.9 Å². The Kier molecular flexibility index (Phi) is 3.74. The van der Waals surface area contributed by atoms with E-state index in [1.54, 1.807) is 7.11 Å². The van der Waals surface area contributed by atoms with E-state index in [1.807, 2.05) is 48.5 Å². The summed E-state index contributed by atoms with van der Waals surface area (Å²) in [7, 11) is 1.66. The van der Waals surface area contributed by atoms with Gasteiger partial charge in [-0.05, 0) is 37.1 Å². The molecule has 2 aromatic heterocycles. The highest BCUT2D eigenvalue weighted by Gasteiger charge is 2.25. The van der Waals surface area contributed by atoms with Crippen molar-refractivity contribution in [1.29, 1.82) is 0 Å². The fourth-order valence-electron chi connectivity index (χ4n) is 3.19. The van der Waals surface area contributed by atoms with E-state index < -0.39 is 0 Å². The second-order valence-electron chi connectivity index (χ2n) is 6.75. The van der Waals surface area contributed by atoms with Gasteiger partial charge >= 0.3 is 0 Å². The summed E-state index contributed by atoms with van der Waals surface area (Å²) in [6, 6.07) is 17.8. The Bertz CT molecular complexity index is 1120. The van der Waals surface area contributed by atoms with Gasteiger partial charge in [0.2, 0.25) is 0 Å². The van der Waals surface area contributed by atoms with Gasteiger partial charge in [0.05, 0.1) is 12.6 Å². The van der Waals surface area contributed by atoms with E-state index in [1.165, 1.54) is 18.5 Å². The maximum atomic E-state index is 5.34. The highest BCUT2D eigenvalue weighted by atomic mass is 16.5. The van der Waals surface area contributed by atoms with Gasteiger partial charge in [0.25, 0.3) is 0 Å². The molecule has 0 unspecified atom stereocenters. The number of nitrogens with one attached hydrogen (secondary N) is 2. The zero-order valence-corrected chi connectivity index (χ0v) is 14.9. The van der Waals surface area contributed by atoms with Gasteiger partial charge in [-0.1, -0.05) is 24.3 Å². The van der Waals surface area contributed by atoms with Crippen molar-refractivity contribution < 1.29 is 4.74 Å². The van der Waals surface area contributed by atoms with E-state index in [4.69, 9.17) is 14.7 Å². The molecule has 4 aromatic rings. The van der Waals surface area contributed by atoms with Crippen molar-refractivity contribution >= 4 is 22.5 Å². The van der Waals surface area contributed by atoms with Crippen LogP contribution in [-0.4, -0.2) is 27.3 Å². The number of rotatable bonds is 5. The van der Waals surface area contributed by atoms with E-state index in [-0.39, 0.29) is 0 Å². The minimum atomic E-state index is 0.627. The maximum Gasteiger partial charge on any atom is 0.162 e. The molecular weight excluding hydrogens is 338 g/mol. The van der Waals surface area contributed by atoms with Crippen molar-refractivity contribution in [3.63, 3.8) is 0 Å². The van der Waals surface area contributed by atoms with Crippen LogP contribution in [0.3, 0.4) is 0 Å². The molecule has 1 fully saturated rings. The summed E-state index contributed by atoms with van der Waals surface area (Å²) in [6.45, 7) is 0. The lowest BCUT2D eigenvalue weighted by Gasteiger charge is -2.10. The Morgan fingerprint density at radius 2 is 1.93 bits per heavy atom. The van der Waals surface area contributed by atoms with Crippen LogP contribution >= 0.6 is 0 Å². The molecule has 0 aliphatic heterocycles. The number of aromatic nitrogens is 4. The van der Waals surface area contributed by atoms with Crippen LogP contribution in [0.4, 0.5) is 11.6 Å². The van der Waals surface area contributed by atoms with Crippen molar-refractivity contribution in [2.75, 3.05) is 12.4 Å². The standard InChI is InChI=1S/C21H19N5O/c1-27-15-6-4-5-14(11-15)20-22-17-8-3-2-7-16(17)21(24-20)23-19-12-18(25-26-19)13-9-10-13/h2-8,11-13H,9-10H2,1H3,(H2,22,23,24,25,26). The summed E-state index contributed by atoms with van der Waals surface area (Å²) in [5.74, 6) is 3.57. The molecule has 0 amide bonds. The Labute approximate surface area is 156 Å². The molecule has 1 aliphatic carbocycles. The van der Waals surface area contributed by atoms with Crippen molar-refractivity contribution in [2.45, 2.75) is 18.8 Å². The van der Waals surface area contributed by atoms with Crippen LogP contribution in [-0.2, 0) is 0 Å². The lowest BCUT2D eigenvalue weighted by molar-refractivity contribution is 0.415. The number of hydrogen-bond acceptors (Lipinski definition) is 5. The average molecular weight is 357 g/mol. The smallest absolute Gasteiger partial charge is 0.162 e. The van der Waals surface area contributed by atoms with Crippen LogP contribution in [0.5, 0.6) is 5.75 Å². The first-order valence-electron chi connectivity index (χ1n) is 9.04. The highest BCUT2D eigenvalue weighted by molar-refractivity contribution is 5.92. The van der Waals surface area contributed by atoms with Gasteiger partial charge in [0.1, 0.15) is 11.6 Å². The zero-order chi connectivity index (χ0) is 18.2. The van der Waals surface area contributed by atoms with Crippen LogP contribution in [0.1, 0.15) is 24.5 Å². The van der Waals surface area contributed by atoms with Crippen molar-refractivity contribution in [3.05, 3.63) is 60.3 Å². The molecule has 2 heterocycles. The van der Waals surface area contributed by atoms with E-state index in [9.17, 15) is 0 Å². The fraction of sp³-hybridized carbons (Fsp3) is 0.190. The van der Waals surface area contributed by atoms with Gasteiger partial charge < -0.3 is 10.1 Å². The lowest BCUT2D eigenvalue weighted by atomic mass is 10.1. The second-order valence-corrected chi connectivity index (χ2v) is 6.75. The first-order valence-corrected chi connectivity index (χ1v) is 9.04. The molecule has 6 heteroatoms. The monoisotopic (exact) mass is 357 g/mol. The number of H-pyrrole nitrogens is 1. The SMILES string of the molecule is COc1cccc(-c2nc(Nc3cc(C4CC4)[nH]n3)c3ccccc3n2)c1. The summed E-state index contributed by atoms with van der Waals surface area (Å²) in [5, 5.41) is 11.8. The van der Waals surface area contributed by atoms with Crippen LogP contribution in [0.25, 0.3) is 22.3 Å². The van der Waals surface area contributed by atoms with Crippen LogP contribution < -0.4 is 10.1 Å².